The van der Waals surface area contributed by atoms with Crippen LogP contribution >= 0.6 is 0 Å². The molecule has 30 heavy (non-hydrogen) atoms. The Balaban J connectivity index is 1.66. The number of sulfonamides is 1. The van der Waals surface area contributed by atoms with E-state index in [1.54, 1.807) is 12.1 Å². The molecule has 2 aromatic carbocycles. The van der Waals surface area contributed by atoms with E-state index < -0.39 is 21.7 Å². The van der Waals surface area contributed by atoms with Crippen molar-refractivity contribution in [3.05, 3.63) is 83.9 Å². The molecule has 7 nitrogen and oxygen atoms in total. The van der Waals surface area contributed by atoms with E-state index in [2.05, 4.69) is 4.98 Å². The lowest BCUT2D eigenvalue weighted by atomic mass is 10.2. The van der Waals surface area contributed by atoms with Crippen molar-refractivity contribution in [2.45, 2.75) is 18.4 Å². The van der Waals surface area contributed by atoms with Gasteiger partial charge in [-0.3, -0.25) is 9.78 Å². The molecular weight excluding hydrogens is 411 g/mol. The third-order valence-electron chi connectivity index (χ3n) is 3.93. The number of aromatic nitrogens is 1. The van der Waals surface area contributed by atoms with E-state index in [0.717, 1.165) is 0 Å². The first-order chi connectivity index (χ1) is 14.4. The van der Waals surface area contributed by atoms with Crippen LogP contribution in [0, 0.1) is 5.82 Å². The first kappa shape index (κ1) is 21.4. The Bertz CT molecular complexity index is 1120. The summed E-state index contributed by atoms with van der Waals surface area (Å²) >= 11 is 0. The molecule has 0 saturated heterocycles. The Labute approximate surface area is 173 Å². The third-order valence-corrected chi connectivity index (χ3v) is 5.28. The Morgan fingerprint density at radius 1 is 1.07 bits per heavy atom. The molecule has 3 rings (SSSR count). The normalized spacial score (nSPS) is 11.1. The summed E-state index contributed by atoms with van der Waals surface area (Å²) in [7, 11) is -4.10. The zero-order valence-corrected chi connectivity index (χ0v) is 16.9. The lowest BCUT2D eigenvalue weighted by Crippen LogP contribution is -2.30. The zero-order chi connectivity index (χ0) is 21.6. The van der Waals surface area contributed by atoms with E-state index in [4.69, 9.17) is 9.47 Å². The van der Waals surface area contributed by atoms with Gasteiger partial charge in [-0.1, -0.05) is 6.07 Å². The van der Waals surface area contributed by atoms with Gasteiger partial charge in [0, 0.05) is 18.9 Å². The van der Waals surface area contributed by atoms with Gasteiger partial charge in [-0.15, -0.1) is 0 Å². The van der Waals surface area contributed by atoms with E-state index in [-0.39, 0.29) is 16.2 Å². The van der Waals surface area contributed by atoms with E-state index >= 15 is 0 Å². The molecule has 0 fully saturated rings. The smallest absolute Gasteiger partial charge is 0.266 e. The number of nitrogens with one attached hydrogen (secondary N) is 1. The van der Waals surface area contributed by atoms with Crippen LogP contribution in [0.5, 0.6) is 11.5 Å². The van der Waals surface area contributed by atoms with E-state index in [0.29, 0.717) is 24.7 Å². The van der Waals surface area contributed by atoms with Gasteiger partial charge in [0.25, 0.3) is 15.9 Å². The number of nitrogens with zero attached hydrogens (tertiary/aromatic N) is 1. The van der Waals surface area contributed by atoms with Gasteiger partial charge in [0.2, 0.25) is 0 Å². The summed E-state index contributed by atoms with van der Waals surface area (Å²) in [5, 5.41) is 0. The summed E-state index contributed by atoms with van der Waals surface area (Å²) < 4.78 is 50.9. The molecule has 1 amide bonds. The summed E-state index contributed by atoms with van der Waals surface area (Å²) in [5.41, 5.74) is 0.732. The van der Waals surface area contributed by atoms with Gasteiger partial charge in [0.1, 0.15) is 17.3 Å². The molecular formula is C21H19FN2O5S. The molecule has 0 radical (unpaired) electrons. The van der Waals surface area contributed by atoms with Crippen LogP contribution in [0.25, 0.3) is 0 Å². The number of hydrogen-bond acceptors (Lipinski definition) is 6. The predicted molar refractivity (Wildman–Crippen MR) is 107 cm³/mol. The van der Waals surface area contributed by atoms with Crippen molar-refractivity contribution in [1.82, 2.24) is 9.71 Å². The molecule has 0 spiro atoms. The van der Waals surface area contributed by atoms with E-state index in [1.165, 1.54) is 54.7 Å². The maximum absolute atomic E-state index is 13.2. The Kier molecular flexibility index (Phi) is 6.76. The van der Waals surface area contributed by atoms with Gasteiger partial charge in [-0.2, -0.15) is 0 Å². The number of carbonyl (C=O) groups excluding carboxylic acids is 1. The molecule has 0 aliphatic heterocycles. The fourth-order valence-corrected chi connectivity index (χ4v) is 3.42. The van der Waals surface area contributed by atoms with Gasteiger partial charge >= 0.3 is 0 Å². The van der Waals surface area contributed by atoms with Crippen molar-refractivity contribution in [2.24, 2.45) is 0 Å². The molecule has 3 aromatic rings. The molecule has 0 bridgehead atoms. The van der Waals surface area contributed by atoms with Crippen molar-refractivity contribution in [2.75, 3.05) is 6.61 Å². The minimum atomic E-state index is -4.10. The number of hydrogen-bond donors (Lipinski definition) is 1. The molecule has 0 atom stereocenters. The minimum Gasteiger partial charge on any atom is -0.457 e. The maximum Gasteiger partial charge on any atom is 0.266 e. The molecule has 0 aliphatic rings. The van der Waals surface area contributed by atoms with Crippen LogP contribution in [0.4, 0.5) is 4.39 Å². The van der Waals surface area contributed by atoms with Crippen LogP contribution in [-0.2, 0) is 21.4 Å². The Morgan fingerprint density at radius 3 is 2.47 bits per heavy atom. The van der Waals surface area contributed by atoms with Crippen molar-refractivity contribution in [3.63, 3.8) is 0 Å². The lowest BCUT2D eigenvalue weighted by Gasteiger charge is -2.09. The molecule has 1 N–H and O–H groups in total. The third kappa shape index (κ3) is 5.62. The highest BCUT2D eigenvalue weighted by Crippen LogP contribution is 2.23. The number of rotatable bonds is 8. The molecule has 1 heterocycles. The van der Waals surface area contributed by atoms with Crippen LogP contribution in [0.2, 0.25) is 0 Å². The number of amides is 1. The molecule has 1 aromatic heterocycles. The standard InChI is InChI=1S/C21H19FN2O5S/c1-2-28-14-17-7-6-15(13-23-17)21(25)24-30(26,27)20-10-8-18(9-11-20)29-19-5-3-4-16(22)12-19/h3-13H,2,14H2,1H3,(H,24,25). The second-order valence-corrected chi connectivity index (χ2v) is 7.82. The van der Waals surface area contributed by atoms with Crippen molar-refractivity contribution in [1.29, 1.82) is 0 Å². The number of ether oxygens (including phenoxy) is 2. The van der Waals surface area contributed by atoms with Crippen molar-refractivity contribution < 1.29 is 27.1 Å². The van der Waals surface area contributed by atoms with Gasteiger partial charge in [0.15, 0.2) is 0 Å². The van der Waals surface area contributed by atoms with E-state index in [9.17, 15) is 17.6 Å². The minimum absolute atomic E-state index is 0.102. The molecule has 0 aliphatic carbocycles. The molecule has 0 unspecified atom stereocenters. The highest BCUT2D eigenvalue weighted by Gasteiger charge is 2.19. The molecule has 156 valence electrons. The lowest BCUT2D eigenvalue weighted by molar-refractivity contribution is 0.0980. The van der Waals surface area contributed by atoms with Crippen LogP contribution in [0.15, 0.2) is 71.8 Å². The summed E-state index contributed by atoms with van der Waals surface area (Å²) in [5.74, 6) is -0.653. The van der Waals surface area contributed by atoms with Gasteiger partial charge in [0.05, 0.1) is 22.8 Å². The fourth-order valence-electron chi connectivity index (χ4n) is 2.44. The van der Waals surface area contributed by atoms with Crippen molar-refractivity contribution in [3.8, 4) is 11.5 Å². The SMILES string of the molecule is CCOCc1ccc(C(=O)NS(=O)(=O)c2ccc(Oc3cccc(F)c3)cc2)cn1. The average Bonchev–Trinajstić information content (AvgIpc) is 2.73. The summed E-state index contributed by atoms with van der Waals surface area (Å²) in [4.78, 5) is 16.2. The topological polar surface area (TPSA) is 94.6 Å². The van der Waals surface area contributed by atoms with Crippen LogP contribution < -0.4 is 9.46 Å². The number of halogens is 1. The van der Waals surface area contributed by atoms with Gasteiger partial charge in [-0.25, -0.2) is 17.5 Å². The number of benzene rings is 2. The van der Waals surface area contributed by atoms with E-state index in [1.807, 2.05) is 11.6 Å². The number of pyridine rings is 1. The largest absolute Gasteiger partial charge is 0.457 e. The quantitative estimate of drug-likeness (QED) is 0.586. The van der Waals surface area contributed by atoms with Crippen LogP contribution in [0.1, 0.15) is 23.0 Å². The second-order valence-electron chi connectivity index (χ2n) is 6.14. The average molecular weight is 430 g/mol. The fraction of sp³-hybridized carbons (Fsp3) is 0.143. The number of carbonyl (C=O) groups is 1. The highest BCUT2D eigenvalue weighted by molar-refractivity contribution is 7.90. The van der Waals surface area contributed by atoms with Crippen LogP contribution in [0.3, 0.4) is 0 Å². The predicted octanol–water partition coefficient (Wildman–Crippen LogP) is 3.67. The summed E-state index contributed by atoms with van der Waals surface area (Å²) in [6, 6.07) is 14.0. The molecule has 0 saturated carbocycles. The van der Waals surface area contributed by atoms with Crippen molar-refractivity contribution >= 4 is 15.9 Å². The zero-order valence-electron chi connectivity index (χ0n) is 16.0. The first-order valence-electron chi connectivity index (χ1n) is 9.00. The van der Waals surface area contributed by atoms with Crippen LogP contribution in [-0.4, -0.2) is 25.9 Å². The molecule has 9 heteroatoms. The summed E-state index contributed by atoms with van der Waals surface area (Å²) in [6.45, 7) is 2.70. The Hall–Kier alpha value is -3.30. The monoisotopic (exact) mass is 430 g/mol. The maximum atomic E-state index is 13.2. The summed E-state index contributed by atoms with van der Waals surface area (Å²) in [6.07, 6.45) is 1.29. The first-order valence-corrected chi connectivity index (χ1v) is 10.5. The highest BCUT2D eigenvalue weighted by atomic mass is 32.2. The second kappa shape index (κ2) is 9.47. The Morgan fingerprint density at radius 2 is 1.83 bits per heavy atom. The van der Waals surface area contributed by atoms with Gasteiger partial charge in [-0.05, 0) is 55.5 Å². The van der Waals surface area contributed by atoms with Gasteiger partial charge < -0.3 is 9.47 Å².